The van der Waals surface area contributed by atoms with Gasteiger partial charge >= 0.3 is 0 Å². The minimum Gasteiger partial charge on any atom is -0.466 e. The van der Waals surface area contributed by atoms with Crippen molar-refractivity contribution in [3.63, 3.8) is 0 Å². The first-order valence-electron chi connectivity index (χ1n) is 7.99. The number of amides is 1. The van der Waals surface area contributed by atoms with Gasteiger partial charge in [-0.05, 0) is 36.8 Å². The van der Waals surface area contributed by atoms with Gasteiger partial charge in [-0.2, -0.15) is 0 Å². The zero-order chi connectivity index (χ0) is 15.7. The molecule has 2 fully saturated rings. The summed E-state index contributed by atoms with van der Waals surface area (Å²) in [6, 6.07) is 3.97. The minimum atomic E-state index is -2.87. The van der Waals surface area contributed by atoms with Gasteiger partial charge in [0.2, 0.25) is 5.91 Å². The second-order valence-electron chi connectivity index (χ2n) is 6.70. The molecule has 1 amide bonds. The largest absolute Gasteiger partial charge is 0.466 e. The van der Waals surface area contributed by atoms with Gasteiger partial charge in [0, 0.05) is 25.3 Å². The van der Waals surface area contributed by atoms with Gasteiger partial charge in [-0.1, -0.05) is 6.92 Å². The first kappa shape index (κ1) is 15.6. The van der Waals surface area contributed by atoms with Crippen LogP contribution in [-0.4, -0.2) is 32.4 Å². The normalized spacial score (nSPS) is 29.4. The van der Waals surface area contributed by atoms with Crippen molar-refractivity contribution in [2.75, 3.05) is 18.1 Å². The molecule has 0 radical (unpaired) electrons. The van der Waals surface area contributed by atoms with E-state index in [-0.39, 0.29) is 23.3 Å². The van der Waals surface area contributed by atoms with Crippen LogP contribution in [0.3, 0.4) is 0 Å². The summed E-state index contributed by atoms with van der Waals surface area (Å²) in [5, 5.41) is 2.84. The zero-order valence-corrected chi connectivity index (χ0v) is 13.7. The van der Waals surface area contributed by atoms with Crippen LogP contribution in [0.2, 0.25) is 0 Å². The predicted molar refractivity (Wildman–Crippen MR) is 83.3 cm³/mol. The predicted octanol–water partition coefficient (Wildman–Crippen LogP) is 1.89. The summed E-state index contributed by atoms with van der Waals surface area (Å²) < 4.78 is 28.5. The average molecular weight is 325 g/mol. The Morgan fingerprint density at radius 3 is 2.82 bits per heavy atom. The molecule has 3 rings (SSSR count). The number of furan rings is 1. The molecule has 122 valence electrons. The van der Waals surface area contributed by atoms with Gasteiger partial charge < -0.3 is 9.73 Å². The molecule has 0 unspecified atom stereocenters. The minimum absolute atomic E-state index is 0.0398. The highest BCUT2D eigenvalue weighted by molar-refractivity contribution is 7.91. The topological polar surface area (TPSA) is 76.4 Å². The molecular weight excluding hydrogens is 302 g/mol. The lowest BCUT2D eigenvalue weighted by Crippen LogP contribution is -2.29. The first-order valence-corrected chi connectivity index (χ1v) is 9.81. The maximum absolute atomic E-state index is 11.8. The number of sulfone groups is 1. The van der Waals surface area contributed by atoms with Crippen LogP contribution >= 0.6 is 0 Å². The third-order valence-electron chi connectivity index (χ3n) is 4.67. The molecule has 1 aromatic rings. The number of nitrogens with one attached hydrogen (secondary N) is 1. The molecule has 6 heteroatoms. The number of carbonyl (C=O) groups excluding carboxylic acids is 1. The summed E-state index contributed by atoms with van der Waals surface area (Å²) in [5.41, 5.74) is 0. The van der Waals surface area contributed by atoms with E-state index < -0.39 is 9.84 Å². The Bertz CT molecular complexity index is 649. The van der Waals surface area contributed by atoms with E-state index in [0.29, 0.717) is 37.6 Å². The van der Waals surface area contributed by atoms with E-state index in [2.05, 4.69) is 12.2 Å². The van der Waals surface area contributed by atoms with Crippen LogP contribution in [0.25, 0.3) is 0 Å². The van der Waals surface area contributed by atoms with Crippen LogP contribution in [-0.2, 0) is 21.1 Å². The molecule has 1 aliphatic carbocycles. The van der Waals surface area contributed by atoms with Crippen molar-refractivity contribution in [2.45, 2.75) is 38.5 Å². The summed E-state index contributed by atoms with van der Waals surface area (Å²) in [6.07, 6.45) is 2.82. The maximum Gasteiger partial charge on any atom is 0.220 e. The molecule has 5 nitrogen and oxygen atoms in total. The lowest BCUT2D eigenvalue weighted by molar-refractivity contribution is -0.121. The number of aryl methyl sites for hydroxylation is 1. The van der Waals surface area contributed by atoms with Crippen LogP contribution in [0.1, 0.15) is 43.6 Å². The number of hydrogen-bond donors (Lipinski definition) is 1. The summed E-state index contributed by atoms with van der Waals surface area (Å²) in [7, 11) is -2.87. The fraction of sp³-hybridized carbons (Fsp3) is 0.688. The third kappa shape index (κ3) is 3.91. The molecular formula is C16H23NO4S. The second kappa shape index (κ2) is 6.07. The molecule has 1 saturated carbocycles. The zero-order valence-electron chi connectivity index (χ0n) is 12.9. The highest BCUT2D eigenvalue weighted by Crippen LogP contribution is 2.47. The molecule has 0 aromatic carbocycles. The summed E-state index contributed by atoms with van der Waals surface area (Å²) in [5.74, 6) is 3.66. The SMILES string of the molecule is C[C@@H]1C[C@H]1c1ccc(CCC(=O)NC[C@H]2CCS(=O)(=O)C2)o1. The highest BCUT2D eigenvalue weighted by atomic mass is 32.2. The van der Waals surface area contributed by atoms with Gasteiger partial charge in [0.05, 0.1) is 11.5 Å². The van der Waals surface area contributed by atoms with E-state index in [1.54, 1.807) is 0 Å². The molecule has 1 N–H and O–H groups in total. The Kier molecular flexibility index (Phi) is 4.30. The quantitative estimate of drug-likeness (QED) is 0.866. The van der Waals surface area contributed by atoms with Crippen molar-refractivity contribution in [1.82, 2.24) is 5.32 Å². The van der Waals surface area contributed by atoms with Crippen LogP contribution < -0.4 is 5.32 Å². The van der Waals surface area contributed by atoms with E-state index >= 15 is 0 Å². The highest BCUT2D eigenvalue weighted by Gasteiger charge is 2.36. The van der Waals surface area contributed by atoms with E-state index in [0.717, 1.165) is 11.5 Å². The van der Waals surface area contributed by atoms with Crippen molar-refractivity contribution in [3.05, 3.63) is 23.7 Å². The molecule has 1 aliphatic heterocycles. The Hall–Kier alpha value is -1.30. The molecule has 0 spiro atoms. The van der Waals surface area contributed by atoms with E-state index in [1.165, 1.54) is 6.42 Å². The molecule has 2 aliphatic rings. The Balaban J connectivity index is 1.38. The van der Waals surface area contributed by atoms with Crippen molar-refractivity contribution in [2.24, 2.45) is 11.8 Å². The number of carbonyl (C=O) groups is 1. The number of rotatable bonds is 6. The van der Waals surface area contributed by atoms with Gasteiger partial charge in [0.25, 0.3) is 0 Å². The Morgan fingerprint density at radius 1 is 1.41 bits per heavy atom. The molecule has 22 heavy (non-hydrogen) atoms. The van der Waals surface area contributed by atoms with Crippen LogP contribution in [0.5, 0.6) is 0 Å². The lowest BCUT2D eigenvalue weighted by Gasteiger charge is -2.09. The van der Waals surface area contributed by atoms with Gasteiger partial charge in [0.1, 0.15) is 11.5 Å². The molecule has 0 bridgehead atoms. The monoisotopic (exact) mass is 325 g/mol. The second-order valence-corrected chi connectivity index (χ2v) is 8.93. The Labute approximate surface area is 131 Å². The molecule has 1 saturated heterocycles. The summed E-state index contributed by atoms with van der Waals surface area (Å²) >= 11 is 0. The van der Waals surface area contributed by atoms with Gasteiger partial charge in [-0.15, -0.1) is 0 Å². The lowest BCUT2D eigenvalue weighted by atomic mass is 10.1. The standard InChI is InChI=1S/C16H23NO4S/c1-11-8-14(11)15-4-2-13(21-15)3-5-16(18)17-9-12-6-7-22(19,20)10-12/h2,4,11-12,14H,3,5-10H2,1H3,(H,17,18)/t11-,12-,14-/m1/s1. The number of hydrogen-bond acceptors (Lipinski definition) is 4. The average Bonchev–Trinajstić information content (AvgIpc) is 2.88. The van der Waals surface area contributed by atoms with Gasteiger partial charge in [-0.3, -0.25) is 4.79 Å². The smallest absolute Gasteiger partial charge is 0.220 e. The van der Waals surface area contributed by atoms with Gasteiger partial charge in [-0.25, -0.2) is 8.42 Å². The molecule has 2 heterocycles. The van der Waals surface area contributed by atoms with E-state index in [9.17, 15) is 13.2 Å². The maximum atomic E-state index is 11.8. The van der Waals surface area contributed by atoms with Crippen molar-refractivity contribution < 1.29 is 17.6 Å². The van der Waals surface area contributed by atoms with Crippen molar-refractivity contribution >= 4 is 15.7 Å². The fourth-order valence-electron chi connectivity index (χ4n) is 3.06. The van der Waals surface area contributed by atoms with Crippen molar-refractivity contribution in [1.29, 1.82) is 0 Å². The third-order valence-corrected chi connectivity index (χ3v) is 6.51. The van der Waals surface area contributed by atoms with Crippen LogP contribution in [0, 0.1) is 11.8 Å². The summed E-state index contributed by atoms with van der Waals surface area (Å²) in [4.78, 5) is 11.8. The van der Waals surface area contributed by atoms with Crippen LogP contribution in [0.4, 0.5) is 0 Å². The molecule has 3 atom stereocenters. The summed E-state index contributed by atoms with van der Waals surface area (Å²) in [6.45, 7) is 2.67. The van der Waals surface area contributed by atoms with Crippen molar-refractivity contribution in [3.8, 4) is 0 Å². The Morgan fingerprint density at radius 2 is 2.18 bits per heavy atom. The first-order chi connectivity index (χ1) is 10.4. The molecule has 1 aromatic heterocycles. The van der Waals surface area contributed by atoms with E-state index in [4.69, 9.17) is 4.42 Å². The fourth-order valence-corrected chi connectivity index (χ4v) is 4.92. The van der Waals surface area contributed by atoms with Crippen LogP contribution in [0.15, 0.2) is 16.5 Å². The van der Waals surface area contributed by atoms with E-state index in [1.807, 2.05) is 12.1 Å². The van der Waals surface area contributed by atoms with Gasteiger partial charge in [0.15, 0.2) is 9.84 Å².